The van der Waals surface area contributed by atoms with Crippen molar-refractivity contribution in [3.63, 3.8) is 0 Å². The maximum absolute atomic E-state index is 6.01. The second-order valence-corrected chi connectivity index (χ2v) is 6.80. The summed E-state index contributed by atoms with van der Waals surface area (Å²) in [4.78, 5) is 0. The zero-order valence-electron chi connectivity index (χ0n) is 12.9. The minimum Gasteiger partial charge on any atom is -0.488 e. The highest BCUT2D eigenvalue weighted by molar-refractivity contribution is 5.40. The van der Waals surface area contributed by atoms with E-state index >= 15 is 0 Å². The second kappa shape index (κ2) is 5.05. The molecule has 1 aromatic carbocycles. The Morgan fingerprint density at radius 1 is 1.40 bits per heavy atom. The van der Waals surface area contributed by atoms with Crippen LogP contribution in [-0.2, 0) is 11.2 Å². The summed E-state index contributed by atoms with van der Waals surface area (Å²) in [6, 6.07) is 6.98. The first-order valence-corrected chi connectivity index (χ1v) is 7.53. The summed E-state index contributed by atoms with van der Waals surface area (Å²) < 4.78 is 11.5. The number of aryl methyl sites for hydroxylation is 1. The third-order valence-electron chi connectivity index (χ3n) is 5.01. The van der Waals surface area contributed by atoms with Crippen LogP contribution in [0.4, 0.5) is 0 Å². The highest BCUT2D eigenvalue weighted by Gasteiger charge is 2.48. The number of fused-ring (bicyclic) bond motifs is 1. The van der Waals surface area contributed by atoms with E-state index in [-0.39, 0.29) is 11.5 Å². The summed E-state index contributed by atoms with van der Waals surface area (Å²) in [7, 11) is 1.81. The van der Waals surface area contributed by atoms with Crippen LogP contribution in [-0.4, -0.2) is 31.9 Å². The minimum atomic E-state index is 0.219. The van der Waals surface area contributed by atoms with Gasteiger partial charge in [0, 0.05) is 31.5 Å². The summed E-state index contributed by atoms with van der Waals surface area (Å²) in [5, 5.41) is 3.66. The predicted octanol–water partition coefficient (Wildman–Crippen LogP) is 2.70. The molecule has 0 bridgehead atoms. The highest BCUT2D eigenvalue weighted by Crippen LogP contribution is 2.42. The molecule has 3 heteroatoms. The van der Waals surface area contributed by atoms with Crippen LogP contribution in [0.1, 0.15) is 31.4 Å². The van der Waals surface area contributed by atoms with Crippen LogP contribution in [0, 0.1) is 12.3 Å². The van der Waals surface area contributed by atoms with Crippen molar-refractivity contribution in [3.8, 4) is 5.75 Å². The van der Waals surface area contributed by atoms with Crippen LogP contribution < -0.4 is 10.1 Å². The molecule has 0 aromatic heterocycles. The molecule has 1 fully saturated rings. The Morgan fingerprint density at radius 2 is 2.20 bits per heavy atom. The van der Waals surface area contributed by atoms with Gasteiger partial charge in [0.1, 0.15) is 11.9 Å². The van der Waals surface area contributed by atoms with Gasteiger partial charge in [-0.05, 0) is 25.0 Å². The number of benzene rings is 1. The molecule has 3 unspecified atom stereocenters. The lowest BCUT2D eigenvalue weighted by atomic mass is 9.64. The van der Waals surface area contributed by atoms with E-state index in [1.165, 1.54) is 11.1 Å². The molecule has 1 saturated carbocycles. The van der Waals surface area contributed by atoms with E-state index < -0.39 is 0 Å². The van der Waals surface area contributed by atoms with Gasteiger partial charge < -0.3 is 14.8 Å². The molecule has 0 spiro atoms. The Balaban J connectivity index is 1.52. The van der Waals surface area contributed by atoms with Gasteiger partial charge in [-0.25, -0.2) is 0 Å². The molecule has 1 aromatic rings. The normalized spacial score (nSPS) is 30.5. The molecule has 20 heavy (non-hydrogen) atoms. The lowest BCUT2D eigenvalue weighted by Gasteiger charge is -2.51. The van der Waals surface area contributed by atoms with Gasteiger partial charge in [0.15, 0.2) is 0 Å². The van der Waals surface area contributed by atoms with E-state index in [9.17, 15) is 0 Å². The summed E-state index contributed by atoms with van der Waals surface area (Å²) in [6.07, 6.45) is 2.76. The molecule has 1 N–H and O–H groups in total. The first-order chi connectivity index (χ1) is 9.50. The number of hydrogen-bond acceptors (Lipinski definition) is 3. The van der Waals surface area contributed by atoms with E-state index in [1.807, 2.05) is 7.11 Å². The number of hydrogen-bond donors (Lipinski definition) is 1. The van der Waals surface area contributed by atoms with E-state index in [2.05, 4.69) is 44.3 Å². The van der Waals surface area contributed by atoms with Gasteiger partial charge in [0.05, 0.1) is 6.10 Å². The molecule has 3 rings (SSSR count). The number of methoxy groups -OCH3 is 1. The topological polar surface area (TPSA) is 30.5 Å². The standard InChI is InChI=1S/C17H25NO2/c1-11-5-6-14-12(7-11)8-13(20-14)10-18-15-9-16(19-4)17(15,2)3/h5-7,13,15-16,18H,8-10H2,1-4H3. The molecule has 0 saturated heterocycles. The molecule has 1 aliphatic heterocycles. The largest absolute Gasteiger partial charge is 0.488 e. The lowest BCUT2D eigenvalue weighted by Crippen LogP contribution is -2.61. The molecule has 0 amide bonds. The third-order valence-corrected chi connectivity index (χ3v) is 5.01. The monoisotopic (exact) mass is 275 g/mol. The fourth-order valence-electron chi connectivity index (χ4n) is 3.47. The van der Waals surface area contributed by atoms with Crippen LogP contribution in [0.3, 0.4) is 0 Å². The van der Waals surface area contributed by atoms with E-state index in [4.69, 9.17) is 9.47 Å². The first-order valence-electron chi connectivity index (χ1n) is 7.53. The Labute approximate surface area is 121 Å². The molecule has 1 aliphatic carbocycles. The van der Waals surface area contributed by atoms with Crippen molar-refractivity contribution in [2.75, 3.05) is 13.7 Å². The molecule has 110 valence electrons. The Kier molecular flexibility index (Phi) is 3.51. The number of ether oxygens (including phenoxy) is 2. The highest BCUT2D eigenvalue weighted by atomic mass is 16.5. The maximum Gasteiger partial charge on any atom is 0.123 e. The number of rotatable bonds is 4. The van der Waals surface area contributed by atoms with E-state index in [0.29, 0.717) is 12.1 Å². The average molecular weight is 275 g/mol. The Bertz CT molecular complexity index is 498. The van der Waals surface area contributed by atoms with Gasteiger partial charge in [-0.15, -0.1) is 0 Å². The van der Waals surface area contributed by atoms with E-state index in [0.717, 1.165) is 25.1 Å². The van der Waals surface area contributed by atoms with Gasteiger partial charge in [0.2, 0.25) is 0 Å². The first kappa shape index (κ1) is 13.9. The van der Waals surface area contributed by atoms with Gasteiger partial charge in [0.25, 0.3) is 0 Å². The Hall–Kier alpha value is -1.06. The molecule has 0 radical (unpaired) electrons. The minimum absolute atomic E-state index is 0.219. The zero-order valence-corrected chi connectivity index (χ0v) is 12.9. The molecular weight excluding hydrogens is 250 g/mol. The molecule has 3 nitrogen and oxygen atoms in total. The fraction of sp³-hybridized carbons (Fsp3) is 0.647. The molecular formula is C17H25NO2. The van der Waals surface area contributed by atoms with Crippen molar-refractivity contribution < 1.29 is 9.47 Å². The van der Waals surface area contributed by atoms with Gasteiger partial charge in [-0.2, -0.15) is 0 Å². The summed E-state index contributed by atoms with van der Waals surface area (Å²) in [5.74, 6) is 1.06. The zero-order chi connectivity index (χ0) is 14.3. The molecule has 1 heterocycles. The van der Waals surface area contributed by atoms with Crippen molar-refractivity contribution in [2.45, 2.75) is 51.9 Å². The van der Waals surface area contributed by atoms with Gasteiger partial charge in [-0.3, -0.25) is 0 Å². The van der Waals surface area contributed by atoms with Crippen molar-refractivity contribution in [1.29, 1.82) is 0 Å². The third kappa shape index (κ3) is 2.33. The van der Waals surface area contributed by atoms with Crippen LogP contribution in [0.5, 0.6) is 5.75 Å². The van der Waals surface area contributed by atoms with Crippen LogP contribution in [0.25, 0.3) is 0 Å². The summed E-state index contributed by atoms with van der Waals surface area (Å²) in [6.45, 7) is 7.60. The van der Waals surface area contributed by atoms with Gasteiger partial charge in [-0.1, -0.05) is 31.5 Å². The smallest absolute Gasteiger partial charge is 0.123 e. The Morgan fingerprint density at radius 3 is 2.90 bits per heavy atom. The number of nitrogens with one attached hydrogen (secondary N) is 1. The van der Waals surface area contributed by atoms with Crippen molar-refractivity contribution in [3.05, 3.63) is 29.3 Å². The summed E-state index contributed by atoms with van der Waals surface area (Å²) >= 11 is 0. The molecule has 2 aliphatic rings. The molecule has 3 atom stereocenters. The second-order valence-electron chi connectivity index (χ2n) is 6.80. The van der Waals surface area contributed by atoms with E-state index in [1.54, 1.807) is 0 Å². The lowest BCUT2D eigenvalue weighted by molar-refractivity contribution is -0.0986. The fourth-order valence-corrected chi connectivity index (χ4v) is 3.47. The predicted molar refractivity (Wildman–Crippen MR) is 80.3 cm³/mol. The van der Waals surface area contributed by atoms with Crippen LogP contribution in [0.15, 0.2) is 18.2 Å². The maximum atomic E-state index is 6.01. The quantitative estimate of drug-likeness (QED) is 0.916. The summed E-state index contributed by atoms with van der Waals surface area (Å²) in [5.41, 5.74) is 2.88. The average Bonchev–Trinajstić information content (AvgIpc) is 2.79. The van der Waals surface area contributed by atoms with Crippen molar-refractivity contribution >= 4 is 0 Å². The van der Waals surface area contributed by atoms with Crippen LogP contribution in [0.2, 0.25) is 0 Å². The SMILES string of the molecule is COC1CC(NCC2Cc3cc(C)ccc3O2)C1(C)C. The van der Waals surface area contributed by atoms with Gasteiger partial charge >= 0.3 is 0 Å². The van der Waals surface area contributed by atoms with Crippen LogP contribution >= 0.6 is 0 Å². The van der Waals surface area contributed by atoms with Crippen molar-refractivity contribution in [2.24, 2.45) is 5.41 Å². The van der Waals surface area contributed by atoms with Crippen molar-refractivity contribution in [1.82, 2.24) is 5.32 Å².